The average Bonchev–Trinajstić information content (AvgIpc) is 3.25. The maximum atomic E-state index is 11.1. The first kappa shape index (κ1) is 31.0. The third kappa shape index (κ3) is 23.3. The number of aliphatic hydroxyl groups excluding tert-OH is 1. The predicted molar refractivity (Wildman–Crippen MR) is 114 cm³/mol. The van der Waals surface area contributed by atoms with E-state index in [9.17, 15) is 9.59 Å². The van der Waals surface area contributed by atoms with Crippen molar-refractivity contribution in [2.24, 2.45) is 0 Å². The van der Waals surface area contributed by atoms with Gasteiger partial charge in [-0.05, 0) is 6.07 Å². The van der Waals surface area contributed by atoms with Crippen LogP contribution in [0.5, 0.6) is 0 Å². The number of rotatable bonds is 2. The zero-order chi connectivity index (χ0) is 21.7. The van der Waals surface area contributed by atoms with Gasteiger partial charge in [0.1, 0.15) is 12.4 Å². The Morgan fingerprint density at radius 3 is 2.33 bits per heavy atom. The molecule has 1 aliphatic rings. The lowest BCUT2D eigenvalue weighted by Gasteiger charge is -2.11. The van der Waals surface area contributed by atoms with Crippen molar-refractivity contribution in [3.05, 3.63) is 22.7 Å². The molecule has 0 saturated carbocycles. The lowest BCUT2D eigenvalue weighted by Crippen LogP contribution is -2.23. The molecule has 0 aromatic carbocycles. The number of amides is 1. The van der Waals surface area contributed by atoms with E-state index in [0.717, 1.165) is 19.7 Å². The Morgan fingerprint density at radius 2 is 1.96 bits per heavy atom. The van der Waals surface area contributed by atoms with Crippen LogP contribution in [0.2, 0.25) is 0 Å². The summed E-state index contributed by atoms with van der Waals surface area (Å²) in [6.45, 7) is 8.56. The van der Waals surface area contributed by atoms with Crippen molar-refractivity contribution < 1.29 is 19.4 Å². The van der Waals surface area contributed by atoms with Gasteiger partial charge < -0.3 is 14.6 Å². The number of carbonyl (C=O) groups excluding carboxylic acids is 1. The number of aliphatic hydroxyl groups is 1. The van der Waals surface area contributed by atoms with Crippen LogP contribution in [-0.2, 0) is 9.47 Å². The van der Waals surface area contributed by atoms with E-state index in [1.807, 2.05) is 39.5 Å². The fourth-order valence-electron chi connectivity index (χ4n) is 1.03. The Labute approximate surface area is 179 Å². The first-order valence-corrected chi connectivity index (χ1v) is 10.3. The molecule has 160 valence electrons. The van der Waals surface area contributed by atoms with E-state index in [4.69, 9.17) is 44.6 Å². The van der Waals surface area contributed by atoms with Gasteiger partial charge in [0.25, 0.3) is 0 Å². The summed E-state index contributed by atoms with van der Waals surface area (Å²) in [5.41, 5.74) is -0.598. The van der Waals surface area contributed by atoms with Crippen LogP contribution >= 0.6 is 46.6 Å². The van der Waals surface area contributed by atoms with Crippen molar-refractivity contribution in [3.63, 3.8) is 0 Å². The Bertz CT molecular complexity index is 504. The third-order valence-corrected chi connectivity index (χ3v) is 2.93. The van der Waals surface area contributed by atoms with E-state index in [1.54, 1.807) is 0 Å². The molecule has 2 rings (SSSR count). The van der Waals surface area contributed by atoms with Gasteiger partial charge in [0.05, 0.1) is 12.5 Å². The molecule has 1 aliphatic heterocycles. The van der Waals surface area contributed by atoms with E-state index >= 15 is 0 Å². The molecule has 3 N–H and O–H groups in total. The zero-order valence-corrected chi connectivity index (χ0v) is 19.1. The molecule has 1 aromatic rings. The normalized spacial score (nSPS) is 11.6. The summed E-state index contributed by atoms with van der Waals surface area (Å²) in [7, 11) is 1.00. The van der Waals surface area contributed by atoms with Gasteiger partial charge in [0, 0.05) is 19.1 Å². The number of nitrogens with zero attached hydrogens (tertiary/aromatic N) is 1. The monoisotopic (exact) mass is 467 g/mol. The summed E-state index contributed by atoms with van der Waals surface area (Å²) in [5, 5.41) is 9.22. The molecule has 1 aromatic heterocycles. The van der Waals surface area contributed by atoms with Crippen molar-refractivity contribution in [1.29, 1.82) is 0 Å². The number of thioether (sulfide) groups is 1. The number of ether oxygens (including phenoxy) is 2. The maximum Gasteiger partial charge on any atom is 0.412 e. The number of anilines is 1. The smallest absolute Gasteiger partial charge is 0.412 e. The van der Waals surface area contributed by atoms with Gasteiger partial charge in [0.15, 0.2) is 0 Å². The van der Waals surface area contributed by atoms with Crippen molar-refractivity contribution >= 4 is 58.5 Å². The van der Waals surface area contributed by atoms with Gasteiger partial charge in [-0.1, -0.05) is 62.5 Å². The summed E-state index contributed by atoms with van der Waals surface area (Å²) in [6.07, 6.45) is 0.372. The minimum atomic E-state index is -1.68. The molecular weight excluding hydrogens is 441 g/mol. The third-order valence-electron chi connectivity index (χ3n) is 1.82. The summed E-state index contributed by atoms with van der Waals surface area (Å²) in [4.78, 5) is 27.5. The second-order valence-electron chi connectivity index (χ2n) is 3.54. The molecule has 27 heavy (non-hydrogen) atoms. The Hall–Kier alpha value is -0.710. The number of hydrogen-bond donors (Lipinski definition) is 3. The minimum absolute atomic E-state index is 0.134. The van der Waals surface area contributed by atoms with Gasteiger partial charge in [-0.2, -0.15) is 0 Å². The molecular formula is C15H28Cl3N3O5S. The summed E-state index contributed by atoms with van der Waals surface area (Å²) >= 11 is 17.9. The second-order valence-corrected chi connectivity index (χ2v) is 7.11. The van der Waals surface area contributed by atoms with Crippen LogP contribution in [0.3, 0.4) is 0 Å². The maximum absolute atomic E-state index is 11.1. The molecule has 0 unspecified atom stereocenters. The minimum Gasteiger partial charge on any atom is -0.445 e. The second kappa shape index (κ2) is 21.6. The van der Waals surface area contributed by atoms with Gasteiger partial charge in [0.2, 0.25) is 3.79 Å². The molecule has 0 bridgehead atoms. The van der Waals surface area contributed by atoms with Crippen LogP contribution in [-0.4, -0.2) is 57.0 Å². The Balaban J connectivity index is -0.000000432. The lowest BCUT2D eigenvalue weighted by atomic mass is 10.6. The van der Waals surface area contributed by atoms with Crippen LogP contribution in [0, 0.1) is 0 Å². The highest BCUT2D eigenvalue weighted by atomic mass is 35.6. The van der Waals surface area contributed by atoms with Crippen LogP contribution in [0.15, 0.2) is 17.1 Å². The van der Waals surface area contributed by atoms with Crippen molar-refractivity contribution in [2.75, 3.05) is 37.3 Å². The number of carbonyl (C=O) groups is 1. The standard InChI is InChI=1S/C7H6Cl3N3O3.C3H6OS.2C2H6.CH4O/c8-7(9,10)3-16-6(15)13-4-1-2-11-5(14)12-4;1-2-5-3-4-1;3*1-2/h1-2H,3H2,(H2,11,12,13,14,15);1-3H2;2*1-2H3;2H,1H3. The van der Waals surface area contributed by atoms with Gasteiger partial charge in [-0.3, -0.25) is 10.3 Å². The number of hydrogen-bond acceptors (Lipinski definition) is 7. The fraction of sp³-hybridized carbons (Fsp3) is 0.667. The van der Waals surface area contributed by atoms with E-state index in [2.05, 4.69) is 20.0 Å². The lowest BCUT2D eigenvalue weighted by molar-refractivity contribution is 0.164. The fourth-order valence-corrected chi connectivity index (χ4v) is 1.78. The van der Waals surface area contributed by atoms with Gasteiger partial charge in [-0.25, -0.2) is 14.6 Å². The molecule has 1 amide bonds. The molecule has 0 atom stereocenters. The summed E-state index contributed by atoms with van der Waals surface area (Å²) in [5.74, 6) is 2.24. The first-order chi connectivity index (χ1) is 12.9. The van der Waals surface area contributed by atoms with Gasteiger partial charge in [-0.15, -0.1) is 11.8 Å². The topological polar surface area (TPSA) is 114 Å². The number of alkyl halides is 3. The van der Waals surface area contributed by atoms with Crippen molar-refractivity contribution in [3.8, 4) is 0 Å². The summed E-state index contributed by atoms with van der Waals surface area (Å²) in [6, 6.07) is 1.37. The largest absolute Gasteiger partial charge is 0.445 e. The predicted octanol–water partition coefficient (Wildman–Crippen LogP) is 4.06. The summed E-state index contributed by atoms with van der Waals surface area (Å²) < 4.78 is 7.79. The highest BCUT2D eigenvalue weighted by molar-refractivity contribution is 7.99. The highest BCUT2D eigenvalue weighted by Gasteiger charge is 2.22. The van der Waals surface area contributed by atoms with Crippen LogP contribution < -0.4 is 11.0 Å². The van der Waals surface area contributed by atoms with E-state index < -0.39 is 22.2 Å². The SMILES string of the molecule is C1CSCO1.CC.CC.CO.O=C(Nc1ccnc(=O)[nH]1)OCC(Cl)(Cl)Cl. The number of halogens is 3. The van der Waals surface area contributed by atoms with E-state index in [1.165, 1.54) is 18.0 Å². The van der Waals surface area contributed by atoms with E-state index in [0.29, 0.717) is 0 Å². The molecule has 0 spiro atoms. The molecule has 1 saturated heterocycles. The number of aromatic amines is 1. The Morgan fingerprint density at radius 1 is 1.37 bits per heavy atom. The van der Waals surface area contributed by atoms with Crippen molar-refractivity contribution in [2.45, 2.75) is 31.5 Å². The van der Waals surface area contributed by atoms with E-state index in [-0.39, 0.29) is 5.82 Å². The molecule has 0 aliphatic carbocycles. The van der Waals surface area contributed by atoms with Crippen LogP contribution in [0.1, 0.15) is 27.7 Å². The molecule has 12 heteroatoms. The zero-order valence-electron chi connectivity index (χ0n) is 16.1. The first-order valence-electron chi connectivity index (χ1n) is 8.03. The number of nitrogens with one attached hydrogen (secondary N) is 2. The molecule has 8 nitrogen and oxygen atoms in total. The van der Waals surface area contributed by atoms with Crippen LogP contribution in [0.4, 0.5) is 10.6 Å². The van der Waals surface area contributed by atoms with Crippen molar-refractivity contribution in [1.82, 2.24) is 9.97 Å². The quantitative estimate of drug-likeness (QED) is 0.561. The average molecular weight is 469 g/mol. The molecule has 0 radical (unpaired) electrons. The number of aromatic nitrogens is 2. The van der Waals surface area contributed by atoms with Crippen LogP contribution in [0.25, 0.3) is 0 Å². The molecule has 1 fully saturated rings. The Kier molecular flexibility index (Phi) is 24.8. The number of H-pyrrole nitrogens is 1. The van der Waals surface area contributed by atoms with Gasteiger partial charge >= 0.3 is 11.8 Å². The molecule has 2 heterocycles. The highest BCUT2D eigenvalue weighted by Crippen LogP contribution is 2.25.